The van der Waals surface area contributed by atoms with Gasteiger partial charge in [0.25, 0.3) is 0 Å². The third-order valence-corrected chi connectivity index (χ3v) is 4.76. The molecule has 1 aliphatic heterocycles. The van der Waals surface area contributed by atoms with Crippen molar-refractivity contribution in [2.75, 3.05) is 19.6 Å². The van der Waals surface area contributed by atoms with E-state index in [0.29, 0.717) is 17.9 Å². The number of amides is 1. The predicted octanol–water partition coefficient (Wildman–Crippen LogP) is 3.05. The highest BCUT2D eigenvalue weighted by atomic mass is 16.2. The second kappa shape index (κ2) is 6.46. The van der Waals surface area contributed by atoms with Gasteiger partial charge in [-0.2, -0.15) is 0 Å². The van der Waals surface area contributed by atoms with E-state index < -0.39 is 0 Å². The smallest absolute Gasteiger partial charge is 0.228 e. The Balaban J connectivity index is 1.85. The fourth-order valence-electron chi connectivity index (χ4n) is 3.69. The van der Waals surface area contributed by atoms with Crippen molar-refractivity contribution in [3.63, 3.8) is 0 Å². The molecule has 1 saturated heterocycles. The first-order valence-corrected chi connectivity index (χ1v) is 8.39. The fourth-order valence-corrected chi connectivity index (χ4v) is 3.69. The highest BCUT2D eigenvalue weighted by Crippen LogP contribution is 2.26. The summed E-state index contributed by atoms with van der Waals surface area (Å²) in [5.74, 6) is 1.78. The van der Waals surface area contributed by atoms with Gasteiger partial charge in [-0.25, -0.2) is 0 Å². The molecule has 2 rings (SSSR count). The lowest BCUT2D eigenvalue weighted by Crippen LogP contribution is -2.53. The van der Waals surface area contributed by atoms with Gasteiger partial charge in [0.2, 0.25) is 5.91 Å². The highest BCUT2D eigenvalue weighted by Gasteiger charge is 2.33. The molecule has 1 N–H and O–H groups in total. The predicted molar refractivity (Wildman–Crippen MR) is 83.6 cm³/mol. The number of nitrogens with zero attached hydrogens (tertiary/aromatic N) is 1. The molecule has 1 amide bonds. The van der Waals surface area contributed by atoms with Crippen LogP contribution in [0.25, 0.3) is 0 Å². The minimum Gasteiger partial charge on any atom is -0.340 e. The summed E-state index contributed by atoms with van der Waals surface area (Å²) < 4.78 is 0. The van der Waals surface area contributed by atoms with E-state index in [-0.39, 0.29) is 5.41 Å². The average molecular weight is 280 g/mol. The third-order valence-electron chi connectivity index (χ3n) is 4.76. The van der Waals surface area contributed by atoms with Crippen LogP contribution in [0.5, 0.6) is 0 Å². The van der Waals surface area contributed by atoms with Crippen molar-refractivity contribution in [2.24, 2.45) is 17.3 Å². The largest absolute Gasteiger partial charge is 0.340 e. The number of likely N-dealkylation sites (tertiary alicyclic amines) is 1. The Hall–Kier alpha value is -0.570. The third kappa shape index (κ3) is 4.21. The lowest BCUT2D eigenvalue weighted by molar-refractivity contribution is -0.141. The normalized spacial score (nSPS) is 28.9. The molecule has 1 heterocycles. The number of piperidine rings is 1. The monoisotopic (exact) mass is 280 g/mol. The molecule has 2 fully saturated rings. The summed E-state index contributed by atoms with van der Waals surface area (Å²) in [6.07, 6.45) is 6.80. The van der Waals surface area contributed by atoms with Gasteiger partial charge in [-0.15, -0.1) is 0 Å². The Kier molecular flexibility index (Phi) is 5.11. The Bertz CT molecular complexity index is 328. The van der Waals surface area contributed by atoms with Gasteiger partial charge in [-0.05, 0) is 37.6 Å². The summed E-state index contributed by atoms with van der Waals surface area (Å²) in [5.41, 5.74) is -0.257. The minimum absolute atomic E-state index is 0.257. The van der Waals surface area contributed by atoms with E-state index in [0.717, 1.165) is 25.6 Å². The molecule has 0 bridgehead atoms. The zero-order chi connectivity index (χ0) is 14.8. The number of nitrogens with one attached hydrogen (secondary N) is 1. The van der Waals surface area contributed by atoms with E-state index in [4.69, 9.17) is 0 Å². The van der Waals surface area contributed by atoms with E-state index in [2.05, 4.69) is 17.1 Å². The number of hydrogen-bond donors (Lipinski definition) is 1. The van der Waals surface area contributed by atoms with Crippen molar-refractivity contribution in [1.29, 1.82) is 0 Å². The Labute approximate surface area is 124 Å². The van der Waals surface area contributed by atoms with Crippen LogP contribution in [0.3, 0.4) is 0 Å². The maximum atomic E-state index is 12.5. The van der Waals surface area contributed by atoms with Gasteiger partial charge >= 0.3 is 0 Å². The van der Waals surface area contributed by atoms with Crippen LogP contribution >= 0.6 is 0 Å². The molecule has 3 nitrogen and oxygen atoms in total. The molecule has 20 heavy (non-hydrogen) atoms. The second-order valence-corrected chi connectivity index (χ2v) is 8.06. The topological polar surface area (TPSA) is 32.3 Å². The molecule has 0 spiro atoms. The summed E-state index contributed by atoms with van der Waals surface area (Å²) in [7, 11) is 0. The Morgan fingerprint density at radius 2 is 1.85 bits per heavy atom. The summed E-state index contributed by atoms with van der Waals surface area (Å²) >= 11 is 0. The van der Waals surface area contributed by atoms with E-state index >= 15 is 0 Å². The van der Waals surface area contributed by atoms with Crippen molar-refractivity contribution in [3.05, 3.63) is 0 Å². The zero-order valence-corrected chi connectivity index (χ0v) is 13.7. The molecular weight excluding hydrogens is 248 g/mol. The molecule has 0 aromatic rings. The maximum Gasteiger partial charge on any atom is 0.228 e. The van der Waals surface area contributed by atoms with Gasteiger partial charge in [0.1, 0.15) is 0 Å². The van der Waals surface area contributed by atoms with Crippen LogP contribution < -0.4 is 5.32 Å². The fraction of sp³-hybridized carbons (Fsp3) is 0.941. The number of rotatable bonds is 3. The van der Waals surface area contributed by atoms with Crippen molar-refractivity contribution in [2.45, 2.75) is 65.8 Å². The lowest BCUT2D eigenvalue weighted by atomic mass is 9.90. The molecule has 0 aromatic heterocycles. The van der Waals surface area contributed by atoms with E-state index in [1.54, 1.807) is 0 Å². The van der Waals surface area contributed by atoms with Crippen LogP contribution in [0.15, 0.2) is 0 Å². The number of hydrogen-bond acceptors (Lipinski definition) is 2. The van der Waals surface area contributed by atoms with E-state index in [1.165, 1.54) is 32.1 Å². The average Bonchev–Trinajstić information content (AvgIpc) is 2.86. The van der Waals surface area contributed by atoms with E-state index in [9.17, 15) is 4.79 Å². The second-order valence-electron chi connectivity index (χ2n) is 8.06. The molecule has 0 radical (unpaired) electrons. The summed E-state index contributed by atoms with van der Waals surface area (Å²) in [4.78, 5) is 14.6. The van der Waals surface area contributed by atoms with Gasteiger partial charge in [0.05, 0.1) is 0 Å². The Morgan fingerprint density at radius 1 is 1.20 bits per heavy atom. The molecule has 2 unspecified atom stereocenters. The van der Waals surface area contributed by atoms with Crippen LogP contribution in [0.4, 0.5) is 0 Å². The first-order chi connectivity index (χ1) is 9.36. The van der Waals surface area contributed by atoms with Gasteiger partial charge in [0.15, 0.2) is 0 Å². The highest BCUT2D eigenvalue weighted by molar-refractivity contribution is 5.81. The summed E-state index contributed by atoms with van der Waals surface area (Å²) in [5, 5.41) is 3.74. The Morgan fingerprint density at radius 3 is 2.45 bits per heavy atom. The standard InChI is InChI=1S/C17H32N2O/c1-13-9-15(18-10-14-7-5-6-8-14)12-19(11-13)16(20)17(2,3)4/h13-15,18H,5-12H2,1-4H3. The van der Waals surface area contributed by atoms with Crippen molar-refractivity contribution < 1.29 is 4.79 Å². The van der Waals surface area contributed by atoms with Crippen LogP contribution in [0, 0.1) is 17.3 Å². The molecule has 1 saturated carbocycles. The van der Waals surface area contributed by atoms with Gasteiger partial charge in [-0.1, -0.05) is 40.5 Å². The first-order valence-electron chi connectivity index (χ1n) is 8.39. The summed E-state index contributed by atoms with van der Waals surface area (Å²) in [6.45, 7) is 11.3. The molecule has 2 atom stereocenters. The molecule has 3 heteroatoms. The molecule has 0 aromatic carbocycles. The zero-order valence-electron chi connectivity index (χ0n) is 13.7. The number of carbonyl (C=O) groups excluding carboxylic acids is 1. The van der Waals surface area contributed by atoms with Crippen LogP contribution in [0.2, 0.25) is 0 Å². The number of carbonyl (C=O) groups is 1. The summed E-state index contributed by atoms with van der Waals surface area (Å²) in [6, 6.07) is 0.491. The van der Waals surface area contributed by atoms with Gasteiger partial charge < -0.3 is 10.2 Å². The quantitative estimate of drug-likeness (QED) is 0.862. The molecular formula is C17H32N2O. The van der Waals surface area contributed by atoms with Gasteiger partial charge in [0, 0.05) is 24.5 Å². The van der Waals surface area contributed by atoms with Crippen molar-refractivity contribution in [1.82, 2.24) is 10.2 Å². The lowest BCUT2D eigenvalue weighted by Gasteiger charge is -2.40. The van der Waals surface area contributed by atoms with Crippen molar-refractivity contribution in [3.8, 4) is 0 Å². The molecule has 1 aliphatic carbocycles. The molecule has 2 aliphatic rings. The van der Waals surface area contributed by atoms with Gasteiger partial charge in [-0.3, -0.25) is 4.79 Å². The first kappa shape index (κ1) is 15.8. The van der Waals surface area contributed by atoms with E-state index in [1.807, 2.05) is 20.8 Å². The maximum absolute atomic E-state index is 12.5. The van der Waals surface area contributed by atoms with Crippen molar-refractivity contribution >= 4 is 5.91 Å². The van der Waals surface area contributed by atoms with Crippen LogP contribution in [-0.2, 0) is 4.79 Å². The van der Waals surface area contributed by atoms with Crippen LogP contribution in [0.1, 0.15) is 59.8 Å². The minimum atomic E-state index is -0.257. The van der Waals surface area contributed by atoms with Crippen LogP contribution in [-0.4, -0.2) is 36.5 Å². The molecule has 116 valence electrons. The SMILES string of the molecule is CC1CC(NCC2CCCC2)CN(C(=O)C(C)(C)C)C1.